The summed E-state index contributed by atoms with van der Waals surface area (Å²) in [5.41, 5.74) is 0. The van der Waals surface area contributed by atoms with Gasteiger partial charge in [0.05, 0.1) is 6.61 Å². The number of carbonyl (C=O) groups is 1. The Bertz CT molecular complexity index is 236. The number of aliphatic hydroxyl groups excluding tert-OH is 1. The molecule has 3 heteroatoms. The summed E-state index contributed by atoms with van der Waals surface area (Å²) in [6, 6.07) is 0. The molecule has 20 heavy (non-hydrogen) atoms. The van der Waals surface area contributed by atoms with Gasteiger partial charge in [-0.2, -0.15) is 0 Å². The number of ether oxygens (including phenoxy) is 1. The number of aliphatic hydroxyl groups is 1. The molecule has 0 saturated carbocycles. The second-order valence-corrected chi connectivity index (χ2v) is 5.16. The van der Waals surface area contributed by atoms with Gasteiger partial charge in [-0.15, -0.1) is 0 Å². The molecule has 0 fully saturated rings. The average molecular weight is 284 g/mol. The molecule has 0 amide bonds. The molecule has 0 aromatic heterocycles. The fourth-order valence-corrected chi connectivity index (χ4v) is 2.09. The summed E-state index contributed by atoms with van der Waals surface area (Å²) in [6.45, 7) is 2.63. The highest BCUT2D eigenvalue weighted by Crippen LogP contribution is 2.10. The van der Waals surface area contributed by atoms with Crippen LogP contribution in [-0.4, -0.2) is 24.3 Å². The van der Waals surface area contributed by atoms with Crippen molar-refractivity contribution in [3.05, 3.63) is 12.2 Å². The first kappa shape index (κ1) is 19.2. The molecule has 0 radical (unpaired) electrons. The van der Waals surface area contributed by atoms with E-state index in [4.69, 9.17) is 9.84 Å². The van der Waals surface area contributed by atoms with Crippen molar-refractivity contribution in [3.63, 3.8) is 0 Å². The zero-order chi connectivity index (χ0) is 14.9. The lowest BCUT2D eigenvalue weighted by Gasteiger charge is -2.02. The van der Waals surface area contributed by atoms with Gasteiger partial charge in [-0.05, 0) is 39.0 Å². The summed E-state index contributed by atoms with van der Waals surface area (Å²) in [5.74, 6) is -0.0551. The van der Waals surface area contributed by atoms with Crippen LogP contribution in [0.3, 0.4) is 0 Å². The third-order valence-corrected chi connectivity index (χ3v) is 3.25. The van der Waals surface area contributed by atoms with Crippen LogP contribution in [0.4, 0.5) is 0 Å². The second-order valence-electron chi connectivity index (χ2n) is 5.16. The van der Waals surface area contributed by atoms with Gasteiger partial charge in [-0.25, -0.2) is 0 Å². The van der Waals surface area contributed by atoms with E-state index in [0.717, 1.165) is 32.1 Å². The van der Waals surface area contributed by atoms with E-state index in [0.29, 0.717) is 19.6 Å². The van der Waals surface area contributed by atoms with Gasteiger partial charge in [0.2, 0.25) is 0 Å². The first-order valence-electron chi connectivity index (χ1n) is 8.22. The highest BCUT2D eigenvalue weighted by molar-refractivity contribution is 5.69. The minimum Gasteiger partial charge on any atom is -0.466 e. The first-order valence-corrected chi connectivity index (χ1v) is 8.22. The Morgan fingerprint density at radius 2 is 1.45 bits per heavy atom. The zero-order valence-electron chi connectivity index (χ0n) is 13.1. The molecule has 0 spiro atoms. The molecular weight excluding hydrogens is 252 g/mol. The summed E-state index contributed by atoms with van der Waals surface area (Å²) >= 11 is 0. The van der Waals surface area contributed by atoms with E-state index in [1.807, 2.05) is 6.92 Å². The van der Waals surface area contributed by atoms with Crippen molar-refractivity contribution in [1.29, 1.82) is 0 Å². The van der Waals surface area contributed by atoms with Gasteiger partial charge in [0.25, 0.3) is 0 Å². The zero-order valence-corrected chi connectivity index (χ0v) is 13.1. The highest BCUT2D eigenvalue weighted by atomic mass is 16.5. The third-order valence-electron chi connectivity index (χ3n) is 3.25. The van der Waals surface area contributed by atoms with Crippen LogP contribution in [0.5, 0.6) is 0 Å². The fraction of sp³-hybridized carbons (Fsp3) is 0.824. The van der Waals surface area contributed by atoms with E-state index in [1.54, 1.807) is 0 Å². The number of hydrogen-bond acceptors (Lipinski definition) is 3. The lowest BCUT2D eigenvalue weighted by atomic mass is 10.1. The monoisotopic (exact) mass is 284 g/mol. The van der Waals surface area contributed by atoms with Gasteiger partial charge in [0.1, 0.15) is 0 Å². The summed E-state index contributed by atoms with van der Waals surface area (Å²) in [6.07, 6.45) is 16.5. The van der Waals surface area contributed by atoms with Crippen molar-refractivity contribution in [3.8, 4) is 0 Å². The molecule has 0 aliphatic rings. The molecule has 0 unspecified atom stereocenters. The Morgan fingerprint density at radius 3 is 2.05 bits per heavy atom. The fourth-order valence-electron chi connectivity index (χ4n) is 2.09. The van der Waals surface area contributed by atoms with Crippen molar-refractivity contribution >= 4 is 5.97 Å². The van der Waals surface area contributed by atoms with Crippen LogP contribution in [0.1, 0.15) is 77.6 Å². The van der Waals surface area contributed by atoms with E-state index in [9.17, 15) is 4.79 Å². The highest BCUT2D eigenvalue weighted by Gasteiger charge is 2.00. The van der Waals surface area contributed by atoms with Gasteiger partial charge >= 0.3 is 5.97 Å². The number of hydrogen-bond donors (Lipinski definition) is 1. The van der Waals surface area contributed by atoms with Gasteiger partial charge in [-0.3, -0.25) is 4.79 Å². The molecule has 0 bridgehead atoms. The minimum atomic E-state index is -0.0551. The van der Waals surface area contributed by atoms with Crippen LogP contribution in [0.15, 0.2) is 12.2 Å². The molecule has 0 saturated heterocycles. The Labute approximate surface area is 124 Å². The second kappa shape index (κ2) is 16.2. The Hall–Kier alpha value is -0.830. The minimum absolute atomic E-state index is 0.0551. The van der Waals surface area contributed by atoms with Crippen molar-refractivity contribution in [2.24, 2.45) is 0 Å². The van der Waals surface area contributed by atoms with E-state index in [-0.39, 0.29) is 5.97 Å². The smallest absolute Gasteiger partial charge is 0.305 e. The summed E-state index contributed by atoms with van der Waals surface area (Å²) in [7, 11) is 0. The SMILES string of the molecule is CCOC(=O)CCCCCCCCCC=CCCCO. The van der Waals surface area contributed by atoms with E-state index in [1.165, 1.54) is 32.1 Å². The number of rotatable bonds is 14. The van der Waals surface area contributed by atoms with Gasteiger partial charge in [-0.1, -0.05) is 44.3 Å². The van der Waals surface area contributed by atoms with Crippen molar-refractivity contribution in [1.82, 2.24) is 0 Å². The molecule has 118 valence electrons. The predicted molar refractivity (Wildman–Crippen MR) is 83.6 cm³/mol. The topological polar surface area (TPSA) is 46.5 Å². The largest absolute Gasteiger partial charge is 0.466 e. The number of carbonyl (C=O) groups excluding carboxylic acids is 1. The Kier molecular flexibility index (Phi) is 15.6. The van der Waals surface area contributed by atoms with Crippen LogP contribution in [0, 0.1) is 0 Å². The summed E-state index contributed by atoms with van der Waals surface area (Å²) in [4.78, 5) is 11.1. The number of allylic oxidation sites excluding steroid dienone is 2. The molecule has 0 rings (SSSR count). The molecule has 1 N–H and O–H groups in total. The predicted octanol–water partition coefficient (Wildman–Crippen LogP) is 4.39. The van der Waals surface area contributed by atoms with E-state index >= 15 is 0 Å². The standard InChI is InChI=1S/C17H32O3/c1-2-20-17(19)15-13-11-9-7-5-3-4-6-8-10-12-14-16-18/h8,10,18H,2-7,9,11-16H2,1H3. The lowest BCUT2D eigenvalue weighted by Crippen LogP contribution is -2.03. The van der Waals surface area contributed by atoms with Gasteiger partial charge in [0, 0.05) is 13.0 Å². The molecule has 0 aromatic rings. The maximum absolute atomic E-state index is 11.1. The lowest BCUT2D eigenvalue weighted by molar-refractivity contribution is -0.143. The van der Waals surface area contributed by atoms with Crippen LogP contribution in [-0.2, 0) is 9.53 Å². The normalized spacial score (nSPS) is 11.1. The summed E-state index contributed by atoms with van der Waals surface area (Å²) in [5, 5.41) is 8.63. The van der Waals surface area contributed by atoms with Crippen molar-refractivity contribution in [2.75, 3.05) is 13.2 Å². The maximum Gasteiger partial charge on any atom is 0.305 e. The Balaban J connectivity index is 3.09. The molecule has 3 nitrogen and oxygen atoms in total. The van der Waals surface area contributed by atoms with Crippen LogP contribution in [0.25, 0.3) is 0 Å². The molecule has 0 atom stereocenters. The quantitative estimate of drug-likeness (QED) is 0.292. The molecule has 0 aliphatic carbocycles. The summed E-state index contributed by atoms with van der Waals surface area (Å²) < 4.78 is 4.89. The van der Waals surface area contributed by atoms with Gasteiger partial charge in [0.15, 0.2) is 0 Å². The Morgan fingerprint density at radius 1 is 0.900 bits per heavy atom. The molecular formula is C17H32O3. The third kappa shape index (κ3) is 15.2. The molecule has 0 heterocycles. The number of esters is 1. The van der Waals surface area contributed by atoms with Crippen molar-refractivity contribution < 1.29 is 14.6 Å². The first-order chi connectivity index (χ1) is 9.81. The van der Waals surface area contributed by atoms with Gasteiger partial charge < -0.3 is 9.84 Å². The maximum atomic E-state index is 11.1. The van der Waals surface area contributed by atoms with Crippen LogP contribution < -0.4 is 0 Å². The molecule has 0 aliphatic heterocycles. The van der Waals surface area contributed by atoms with Crippen LogP contribution in [0.2, 0.25) is 0 Å². The van der Waals surface area contributed by atoms with Crippen LogP contribution >= 0.6 is 0 Å². The number of unbranched alkanes of at least 4 members (excludes halogenated alkanes) is 8. The van der Waals surface area contributed by atoms with E-state index < -0.39 is 0 Å². The van der Waals surface area contributed by atoms with Crippen molar-refractivity contribution in [2.45, 2.75) is 77.6 Å². The average Bonchev–Trinajstić information content (AvgIpc) is 2.44. The molecule has 0 aromatic carbocycles. The van der Waals surface area contributed by atoms with E-state index in [2.05, 4.69) is 12.2 Å².